The van der Waals surface area contributed by atoms with E-state index in [9.17, 15) is 9.59 Å². The van der Waals surface area contributed by atoms with Gasteiger partial charge in [0.05, 0.1) is 18.2 Å². The summed E-state index contributed by atoms with van der Waals surface area (Å²) in [4.78, 5) is 26.6. The molecule has 1 aliphatic rings. The summed E-state index contributed by atoms with van der Waals surface area (Å²) >= 11 is 0. The standard InChI is InChI=1S/C23H24N2O3/c26-22(14-19-6-3-5-18-4-1-2-7-21(18)19)24-15-17-8-11-25(12-9-17)23(27)20-10-13-28-16-20/h1-7,10,13,16-17H,8-9,11-12,14-15H2,(H,24,26). The van der Waals surface area contributed by atoms with E-state index in [1.807, 2.05) is 29.2 Å². The molecule has 1 fully saturated rings. The molecule has 144 valence electrons. The molecule has 0 unspecified atom stereocenters. The average Bonchev–Trinajstić information content (AvgIpc) is 3.27. The normalized spacial score (nSPS) is 14.9. The largest absolute Gasteiger partial charge is 0.472 e. The van der Waals surface area contributed by atoms with Gasteiger partial charge in [-0.15, -0.1) is 0 Å². The van der Waals surface area contributed by atoms with Crippen LogP contribution in [0.2, 0.25) is 0 Å². The number of fused-ring (bicyclic) bond motifs is 1. The molecule has 2 aromatic carbocycles. The van der Waals surface area contributed by atoms with Gasteiger partial charge >= 0.3 is 0 Å². The number of rotatable bonds is 5. The lowest BCUT2D eigenvalue weighted by atomic mass is 9.96. The molecule has 28 heavy (non-hydrogen) atoms. The smallest absolute Gasteiger partial charge is 0.257 e. The van der Waals surface area contributed by atoms with Crippen molar-refractivity contribution in [1.29, 1.82) is 0 Å². The molecule has 0 aliphatic carbocycles. The zero-order valence-electron chi connectivity index (χ0n) is 15.8. The van der Waals surface area contributed by atoms with Crippen LogP contribution in [0.4, 0.5) is 0 Å². The Hall–Kier alpha value is -3.08. The van der Waals surface area contributed by atoms with Gasteiger partial charge in [0, 0.05) is 19.6 Å². The van der Waals surface area contributed by atoms with Crippen LogP contribution in [0, 0.1) is 5.92 Å². The molecule has 4 rings (SSSR count). The van der Waals surface area contributed by atoms with Gasteiger partial charge < -0.3 is 14.6 Å². The second-order valence-corrected chi connectivity index (χ2v) is 7.37. The third-order valence-electron chi connectivity index (χ3n) is 5.49. The molecule has 2 heterocycles. The van der Waals surface area contributed by atoms with E-state index in [0.29, 0.717) is 37.5 Å². The Labute approximate surface area is 164 Å². The predicted octanol–water partition coefficient (Wildman–Crippen LogP) is 3.64. The number of hydrogen-bond donors (Lipinski definition) is 1. The minimum atomic E-state index is 0.0205. The van der Waals surface area contributed by atoms with Gasteiger partial charge in [0.25, 0.3) is 5.91 Å². The monoisotopic (exact) mass is 376 g/mol. The number of carbonyl (C=O) groups is 2. The highest BCUT2D eigenvalue weighted by Gasteiger charge is 2.24. The van der Waals surface area contributed by atoms with Crippen molar-refractivity contribution in [3.8, 4) is 0 Å². The summed E-state index contributed by atoms with van der Waals surface area (Å²) in [7, 11) is 0. The Kier molecular flexibility index (Phi) is 5.42. The minimum absolute atomic E-state index is 0.0205. The van der Waals surface area contributed by atoms with E-state index in [4.69, 9.17) is 4.42 Å². The fourth-order valence-corrected chi connectivity index (χ4v) is 3.85. The van der Waals surface area contributed by atoms with E-state index >= 15 is 0 Å². The molecular weight excluding hydrogens is 352 g/mol. The van der Waals surface area contributed by atoms with Crippen molar-refractivity contribution in [2.24, 2.45) is 5.92 Å². The van der Waals surface area contributed by atoms with Crippen LogP contribution in [0.15, 0.2) is 65.5 Å². The summed E-state index contributed by atoms with van der Waals surface area (Å²) in [6, 6.07) is 15.9. The molecule has 5 heteroatoms. The Bertz CT molecular complexity index is 952. The van der Waals surface area contributed by atoms with Crippen LogP contribution < -0.4 is 5.32 Å². The van der Waals surface area contributed by atoms with Crippen molar-refractivity contribution in [2.75, 3.05) is 19.6 Å². The molecule has 0 radical (unpaired) electrons. The van der Waals surface area contributed by atoms with Gasteiger partial charge in [-0.2, -0.15) is 0 Å². The Morgan fingerprint density at radius 3 is 2.61 bits per heavy atom. The van der Waals surface area contributed by atoms with Gasteiger partial charge in [0.2, 0.25) is 5.91 Å². The zero-order chi connectivity index (χ0) is 19.3. The Morgan fingerprint density at radius 1 is 1.04 bits per heavy atom. The average molecular weight is 376 g/mol. The summed E-state index contributed by atoms with van der Waals surface area (Å²) in [6.07, 6.45) is 5.20. The van der Waals surface area contributed by atoms with Crippen LogP contribution in [0.1, 0.15) is 28.8 Å². The van der Waals surface area contributed by atoms with E-state index in [2.05, 4.69) is 23.5 Å². The van der Waals surface area contributed by atoms with Gasteiger partial charge in [0.1, 0.15) is 6.26 Å². The topological polar surface area (TPSA) is 62.6 Å². The van der Waals surface area contributed by atoms with Crippen molar-refractivity contribution in [3.05, 3.63) is 72.2 Å². The number of likely N-dealkylation sites (tertiary alicyclic amines) is 1. The molecule has 1 aromatic heterocycles. The molecule has 0 saturated carbocycles. The molecule has 0 spiro atoms. The van der Waals surface area contributed by atoms with Crippen molar-refractivity contribution in [1.82, 2.24) is 10.2 Å². The summed E-state index contributed by atoms with van der Waals surface area (Å²) in [5.41, 5.74) is 1.65. The molecule has 5 nitrogen and oxygen atoms in total. The number of nitrogens with zero attached hydrogens (tertiary/aromatic N) is 1. The number of furan rings is 1. The highest BCUT2D eigenvalue weighted by molar-refractivity contribution is 5.94. The number of nitrogens with one attached hydrogen (secondary N) is 1. The van der Waals surface area contributed by atoms with E-state index in [1.165, 1.54) is 12.5 Å². The van der Waals surface area contributed by atoms with E-state index in [0.717, 1.165) is 29.2 Å². The lowest BCUT2D eigenvalue weighted by Crippen LogP contribution is -2.41. The van der Waals surface area contributed by atoms with Crippen LogP contribution in [0.3, 0.4) is 0 Å². The number of carbonyl (C=O) groups excluding carboxylic acids is 2. The highest BCUT2D eigenvalue weighted by Crippen LogP contribution is 2.20. The van der Waals surface area contributed by atoms with Gasteiger partial charge in [-0.3, -0.25) is 9.59 Å². The maximum atomic E-state index is 12.4. The number of benzene rings is 2. The molecular formula is C23H24N2O3. The first-order valence-corrected chi connectivity index (χ1v) is 9.75. The predicted molar refractivity (Wildman–Crippen MR) is 108 cm³/mol. The number of piperidine rings is 1. The molecule has 1 N–H and O–H groups in total. The van der Waals surface area contributed by atoms with Gasteiger partial charge in [-0.1, -0.05) is 42.5 Å². The molecule has 0 atom stereocenters. The van der Waals surface area contributed by atoms with Crippen molar-refractivity contribution in [3.63, 3.8) is 0 Å². The van der Waals surface area contributed by atoms with Crippen LogP contribution in [0.5, 0.6) is 0 Å². The van der Waals surface area contributed by atoms with Gasteiger partial charge in [0.15, 0.2) is 0 Å². The third-order valence-corrected chi connectivity index (χ3v) is 5.49. The summed E-state index contributed by atoms with van der Waals surface area (Å²) in [5.74, 6) is 0.477. The fourth-order valence-electron chi connectivity index (χ4n) is 3.85. The summed E-state index contributed by atoms with van der Waals surface area (Å²) in [6.45, 7) is 2.10. The number of hydrogen-bond acceptors (Lipinski definition) is 3. The lowest BCUT2D eigenvalue weighted by Gasteiger charge is -2.31. The molecule has 1 aliphatic heterocycles. The molecule has 2 amide bonds. The fraction of sp³-hybridized carbons (Fsp3) is 0.304. The Morgan fingerprint density at radius 2 is 1.82 bits per heavy atom. The first kappa shape index (κ1) is 18.3. The van der Waals surface area contributed by atoms with Crippen LogP contribution in [0.25, 0.3) is 10.8 Å². The van der Waals surface area contributed by atoms with Crippen LogP contribution >= 0.6 is 0 Å². The molecule has 3 aromatic rings. The SMILES string of the molecule is O=C(Cc1cccc2ccccc12)NCC1CCN(C(=O)c2ccoc2)CC1. The van der Waals surface area contributed by atoms with E-state index < -0.39 is 0 Å². The maximum absolute atomic E-state index is 12.4. The van der Waals surface area contributed by atoms with E-state index in [1.54, 1.807) is 6.07 Å². The first-order chi connectivity index (χ1) is 13.7. The number of amides is 2. The maximum Gasteiger partial charge on any atom is 0.257 e. The third kappa shape index (κ3) is 4.09. The van der Waals surface area contributed by atoms with E-state index in [-0.39, 0.29) is 11.8 Å². The summed E-state index contributed by atoms with van der Waals surface area (Å²) < 4.78 is 4.99. The quantitative estimate of drug-likeness (QED) is 0.739. The highest BCUT2D eigenvalue weighted by atomic mass is 16.3. The summed E-state index contributed by atoms with van der Waals surface area (Å²) in [5, 5.41) is 5.37. The second kappa shape index (κ2) is 8.30. The first-order valence-electron chi connectivity index (χ1n) is 9.75. The van der Waals surface area contributed by atoms with Crippen LogP contribution in [-0.2, 0) is 11.2 Å². The van der Waals surface area contributed by atoms with Gasteiger partial charge in [-0.05, 0) is 41.2 Å². The minimum Gasteiger partial charge on any atom is -0.472 e. The lowest BCUT2D eigenvalue weighted by molar-refractivity contribution is -0.120. The van der Waals surface area contributed by atoms with Crippen LogP contribution in [-0.4, -0.2) is 36.3 Å². The zero-order valence-corrected chi connectivity index (χ0v) is 15.8. The van der Waals surface area contributed by atoms with Crippen molar-refractivity contribution in [2.45, 2.75) is 19.3 Å². The van der Waals surface area contributed by atoms with Crippen molar-refractivity contribution < 1.29 is 14.0 Å². The Balaban J connectivity index is 1.26. The molecule has 1 saturated heterocycles. The van der Waals surface area contributed by atoms with Gasteiger partial charge in [-0.25, -0.2) is 0 Å². The molecule has 0 bridgehead atoms. The van der Waals surface area contributed by atoms with Crippen molar-refractivity contribution >= 4 is 22.6 Å². The second-order valence-electron chi connectivity index (χ2n) is 7.37.